The number of rotatable bonds is 4. The van der Waals surface area contributed by atoms with Crippen LogP contribution in [0.15, 0.2) is 36.4 Å². The summed E-state index contributed by atoms with van der Waals surface area (Å²) in [4.78, 5) is 0. The van der Waals surface area contributed by atoms with Crippen LogP contribution in [0.25, 0.3) is 11.1 Å². The first kappa shape index (κ1) is 13.5. The third kappa shape index (κ3) is 2.90. The standard InChI is InChI=1S/C15H15F2NO/c1-18-9-10-3-5-12(14(16)7-10)13-6-4-11(19-2)8-15(13)17/h3-8,18H,9H2,1-2H3. The highest BCUT2D eigenvalue weighted by Gasteiger charge is 2.11. The third-order valence-corrected chi connectivity index (χ3v) is 2.88. The van der Waals surface area contributed by atoms with E-state index >= 15 is 0 Å². The van der Waals surface area contributed by atoms with E-state index in [0.717, 1.165) is 5.56 Å². The molecule has 1 N–H and O–H groups in total. The van der Waals surface area contributed by atoms with E-state index in [9.17, 15) is 8.78 Å². The van der Waals surface area contributed by atoms with E-state index < -0.39 is 11.6 Å². The normalized spacial score (nSPS) is 10.5. The van der Waals surface area contributed by atoms with Crippen LogP contribution in [-0.2, 0) is 6.54 Å². The molecule has 4 heteroatoms. The molecular weight excluding hydrogens is 248 g/mol. The summed E-state index contributed by atoms with van der Waals surface area (Å²) >= 11 is 0. The summed E-state index contributed by atoms with van der Waals surface area (Å²) in [5.74, 6) is -0.523. The van der Waals surface area contributed by atoms with Gasteiger partial charge < -0.3 is 10.1 Å². The van der Waals surface area contributed by atoms with Crippen molar-refractivity contribution >= 4 is 0 Å². The molecule has 2 rings (SSSR count). The number of halogens is 2. The molecule has 0 saturated heterocycles. The molecule has 0 aliphatic heterocycles. The van der Waals surface area contributed by atoms with Gasteiger partial charge in [0.05, 0.1) is 7.11 Å². The quantitative estimate of drug-likeness (QED) is 0.913. The maximum Gasteiger partial charge on any atom is 0.134 e. The van der Waals surface area contributed by atoms with E-state index in [1.54, 1.807) is 25.2 Å². The minimum atomic E-state index is -0.500. The lowest BCUT2D eigenvalue weighted by atomic mass is 10.0. The van der Waals surface area contributed by atoms with Crippen molar-refractivity contribution < 1.29 is 13.5 Å². The van der Waals surface area contributed by atoms with Crippen molar-refractivity contribution in [1.82, 2.24) is 5.32 Å². The summed E-state index contributed by atoms with van der Waals surface area (Å²) < 4.78 is 32.8. The Kier molecular flexibility index (Phi) is 4.12. The molecular formula is C15H15F2NO. The van der Waals surface area contributed by atoms with Crippen molar-refractivity contribution in [3.8, 4) is 16.9 Å². The molecule has 2 nitrogen and oxygen atoms in total. The summed E-state index contributed by atoms with van der Waals surface area (Å²) in [5, 5.41) is 2.94. The van der Waals surface area contributed by atoms with E-state index in [1.165, 1.54) is 25.3 Å². The van der Waals surface area contributed by atoms with Crippen LogP contribution >= 0.6 is 0 Å². The Morgan fingerprint density at radius 3 is 2.16 bits per heavy atom. The number of hydrogen-bond donors (Lipinski definition) is 1. The molecule has 100 valence electrons. The van der Waals surface area contributed by atoms with E-state index in [0.29, 0.717) is 12.3 Å². The fraction of sp³-hybridized carbons (Fsp3) is 0.200. The molecule has 0 unspecified atom stereocenters. The first-order chi connectivity index (χ1) is 9.15. The Bertz CT molecular complexity index is 584. The number of ether oxygens (including phenoxy) is 1. The van der Waals surface area contributed by atoms with Crippen molar-refractivity contribution in [3.63, 3.8) is 0 Å². The Morgan fingerprint density at radius 1 is 1.00 bits per heavy atom. The zero-order chi connectivity index (χ0) is 13.8. The summed E-state index contributed by atoms with van der Waals surface area (Å²) in [6.45, 7) is 0.572. The van der Waals surface area contributed by atoms with E-state index in [-0.39, 0.29) is 11.1 Å². The van der Waals surface area contributed by atoms with Crippen LogP contribution in [0.1, 0.15) is 5.56 Å². The summed E-state index contributed by atoms with van der Waals surface area (Å²) in [6, 6.07) is 9.15. The third-order valence-electron chi connectivity index (χ3n) is 2.88. The fourth-order valence-corrected chi connectivity index (χ4v) is 1.93. The van der Waals surface area contributed by atoms with Gasteiger partial charge in [-0.25, -0.2) is 8.78 Å². The van der Waals surface area contributed by atoms with Crippen molar-refractivity contribution in [1.29, 1.82) is 0 Å². The zero-order valence-corrected chi connectivity index (χ0v) is 10.8. The summed E-state index contributed by atoms with van der Waals surface area (Å²) in [5.41, 5.74) is 1.30. The van der Waals surface area contributed by atoms with Gasteiger partial charge in [-0.15, -0.1) is 0 Å². The van der Waals surface area contributed by atoms with Gasteiger partial charge >= 0.3 is 0 Å². The van der Waals surface area contributed by atoms with E-state index in [1.807, 2.05) is 0 Å². The Morgan fingerprint density at radius 2 is 1.63 bits per heavy atom. The molecule has 0 fully saturated rings. The number of nitrogens with one attached hydrogen (secondary N) is 1. The van der Waals surface area contributed by atoms with Gasteiger partial charge in [-0.3, -0.25) is 0 Å². The van der Waals surface area contributed by atoms with Crippen molar-refractivity contribution in [3.05, 3.63) is 53.6 Å². The monoisotopic (exact) mass is 263 g/mol. The van der Waals surface area contributed by atoms with Gasteiger partial charge in [0.1, 0.15) is 17.4 Å². The van der Waals surface area contributed by atoms with Crippen molar-refractivity contribution in [2.45, 2.75) is 6.54 Å². The van der Waals surface area contributed by atoms with Crippen molar-refractivity contribution in [2.75, 3.05) is 14.2 Å². The average molecular weight is 263 g/mol. The molecule has 0 saturated carbocycles. The second kappa shape index (κ2) is 5.80. The maximum atomic E-state index is 14.0. The molecule has 0 spiro atoms. The number of benzene rings is 2. The molecule has 0 radical (unpaired) electrons. The van der Waals surface area contributed by atoms with Gasteiger partial charge in [0.15, 0.2) is 0 Å². The molecule has 2 aromatic carbocycles. The van der Waals surface area contributed by atoms with Gasteiger partial charge in [-0.2, -0.15) is 0 Å². The highest BCUT2D eigenvalue weighted by atomic mass is 19.1. The van der Waals surface area contributed by atoms with Crippen LogP contribution in [0.3, 0.4) is 0 Å². The first-order valence-corrected chi connectivity index (χ1v) is 5.92. The Balaban J connectivity index is 2.41. The zero-order valence-electron chi connectivity index (χ0n) is 10.8. The molecule has 0 amide bonds. The fourth-order valence-electron chi connectivity index (χ4n) is 1.93. The first-order valence-electron chi connectivity index (χ1n) is 5.92. The van der Waals surface area contributed by atoms with E-state index in [4.69, 9.17) is 4.74 Å². The van der Waals surface area contributed by atoms with Crippen LogP contribution in [0.2, 0.25) is 0 Å². The summed E-state index contributed by atoms with van der Waals surface area (Å²) in [6.07, 6.45) is 0. The lowest BCUT2D eigenvalue weighted by molar-refractivity contribution is 0.411. The van der Waals surface area contributed by atoms with E-state index in [2.05, 4.69) is 5.32 Å². The number of methoxy groups -OCH3 is 1. The highest BCUT2D eigenvalue weighted by Crippen LogP contribution is 2.28. The Labute approximate surface area is 111 Å². The van der Waals surface area contributed by atoms with Gasteiger partial charge in [0, 0.05) is 23.7 Å². The van der Waals surface area contributed by atoms with Gasteiger partial charge in [0.2, 0.25) is 0 Å². The predicted molar refractivity (Wildman–Crippen MR) is 71.1 cm³/mol. The van der Waals surface area contributed by atoms with Crippen LogP contribution < -0.4 is 10.1 Å². The number of hydrogen-bond acceptors (Lipinski definition) is 2. The smallest absolute Gasteiger partial charge is 0.134 e. The highest BCUT2D eigenvalue weighted by molar-refractivity contribution is 5.66. The Hall–Kier alpha value is -1.94. The minimum absolute atomic E-state index is 0.231. The van der Waals surface area contributed by atoms with Crippen molar-refractivity contribution in [2.24, 2.45) is 0 Å². The second-order valence-electron chi connectivity index (χ2n) is 4.19. The van der Waals surface area contributed by atoms with Gasteiger partial charge in [0.25, 0.3) is 0 Å². The van der Waals surface area contributed by atoms with Crippen LogP contribution in [0, 0.1) is 11.6 Å². The molecule has 0 heterocycles. The maximum absolute atomic E-state index is 14.0. The topological polar surface area (TPSA) is 21.3 Å². The minimum Gasteiger partial charge on any atom is -0.497 e. The van der Waals surface area contributed by atoms with Crippen LogP contribution in [0.5, 0.6) is 5.75 Å². The molecule has 0 bridgehead atoms. The van der Waals surface area contributed by atoms with Gasteiger partial charge in [-0.05, 0) is 30.8 Å². The SMILES string of the molecule is CNCc1ccc(-c2ccc(OC)cc2F)c(F)c1. The molecule has 0 aliphatic carbocycles. The molecule has 0 atom stereocenters. The largest absolute Gasteiger partial charge is 0.497 e. The predicted octanol–water partition coefficient (Wildman–Crippen LogP) is 3.36. The van der Waals surface area contributed by atoms with Crippen LogP contribution in [0.4, 0.5) is 8.78 Å². The lowest BCUT2D eigenvalue weighted by Gasteiger charge is -2.08. The van der Waals surface area contributed by atoms with Gasteiger partial charge in [-0.1, -0.05) is 12.1 Å². The average Bonchev–Trinajstić information content (AvgIpc) is 2.40. The second-order valence-corrected chi connectivity index (χ2v) is 4.19. The molecule has 0 aromatic heterocycles. The molecule has 0 aliphatic rings. The molecule has 2 aromatic rings. The molecule has 19 heavy (non-hydrogen) atoms. The lowest BCUT2D eigenvalue weighted by Crippen LogP contribution is -2.05. The van der Waals surface area contributed by atoms with Crippen LogP contribution in [-0.4, -0.2) is 14.2 Å². The summed E-state index contributed by atoms with van der Waals surface area (Å²) in [7, 11) is 3.25.